The minimum Gasteiger partial charge on any atom is -0.384 e. The molecule has 1 heterocycles. The Morgan fingerprint density at radius 1 is 1.37 bits per heavy atom. The van der Waals surface area contributed by atoms with E-state index >= 15 is 0 Å². The third kappa shape index (κ3) is 2.77. The fourth-order valence-corrected chi connectivity index (χ4v) is 2.99. The van der Waals surface area contributed by atoms with E-state index in [4.69, 9.17) is 5.73 Å². The molecule has 0 bridgehead atoms. The van der Waals surface area contributed by atoms with Crippen LogP contribution in [0.1, 0.15) is 11.1 Å². The largest absolute Gasteiger partial charge is 0.384 e. The van der Waals surface area contributed by atoms with Crippen molar-refractivity contribution in [1.29, 1.82) is 0 Å². The summed E-state index contributed by atoms with van der Waals surface area (Å²) in [6, 6.07) is 6.82. The number of nitrogen functional groups attached to an aromatic ring is 1. The molecule has 0 aliphatic carbocycles. The molecule has 1 aromatic heterocycles. The molecule has 3 N–H and O–H groups in total. The highest BCUT2D eigenvalue weighted by Crippen LogP contribution is 2.15. The lowest BCUT2D eigenvalue weighted by molar-refractivity contribution is 0.581. The van der Waals surface area contributed by atoms with E-state index in [1.54, 1.807) is 44.4 Å². The Morgan fingerprint density at radius 3 is 2.63 bits per heavy atom. The summed E-state index contributed by atoms with van der Waals surface area (Å²) in [4.78, 5) is 0.275. The van der Waals surface area contributed by atoms with Crippen molar-refractivity contribution in [2.75, 3.05) is 5.73 Å². The van der Waals surface area contributed by atoms with Gasteiger partial charge in [0, 0.05) is 19.2 Å². The minimum atomic E-state index is -3.54. The highest BCUT2D eigenvalue weighted by Gasteiger charge is 2.16. The zero-order chi connectivity index (χ0) is 14.0. The first kappa shape index (κ1) is 13.6. The second kappa shape index (κ2) is 5.02. The maximum atomic E-state index is 12.2. The first-order valence-corrected chi connectivity index (χ1v) is 7.22. The van der Waals surface area contributed by atoms with Crippen LogP contribution < -0.4 is 10.5 Å². The van der Waals surface area contributed by atoms with Crippen molar-refractivity contribution in [2.45, 2.75) is 18.4 Å². The van der Waals surface area contributed by atoms with Gasteiger partial charge in [-0.25, -0.2) is 13.1 Å². The van der Waals surface area contributed by atoms with Crippen LogP contribution in [0, 0.1) is 6.92 Å². The zero-order valence-electron chi connectivity index (χ0n) is 10.8. The maximum absolute atomic E-state index is 12.2. The Hall–Kier alpha value is -1.86. The van der Waals surface area contributed by atoms with Crippen LogP contribution in [-0.2, 0) is 23.6 Å². The number of nitrogens with two attached hydrogens (primary N) is 1. The first-order chi connectivity index (χ1) is 8.92. The van der Waals surface area contributed by atoms with Crippen molar-refractivity contribution >= 4 is 15.8 Å². The number of hydrogen-bond donors (Lipinski definition) is 2. The second-order valence-corrected chi connectivity index (χ2v) is 6.00. The molecule has 0 aliphatic heterocycles. The summed E-state index contributed by atoms with van der Waals surface area (Å²) in [5.41, 5.74) is 7.12. The van der Waals surface area contributed by atoms with Crippen molar-refractivity contribution in [3.05, 3.63) is 41.6 Å². The molecule has 0 unspecified atom stereocenters. The molecule has 1 aromatic carbocycles. The SMILES string of the molecule is Cc1ccccc1S(=O)(=O)NCc1cnn(C)c1N. The van der Waals surface area contributed by atoms with Crippen molar-refractivity contribution < 1.29 is 8.42 Å². The molecule has 102 valence electrons. The number of aromatic nitrogens is 2. The quantitative estimate of drug-likeness (QED) is 0.866. The Balaban J connectivity index is 2.19. The summed E-state index contributed by atoms with van der Waals surface area (Å²) in [6.45, 7) is 1.88. The number of nitrogens with zero attached hydrogens (tertiary/aromatic N) is 2. The molecule has 2 rings (SSSR count). The molecule has 0 saturated carbocycles. The van der Waals surface area contributed by atoms with Crippen LogP contribution in [0.5, 0.6) is 0 Å². The summed E-state index contributed by atoms with van der Waals surface area (Å²) in [6.07, 6.45) is 1.55. The molecule has 0 atom stereocenters. The van der Waals surface area contributed by atoms with Crippen LogP contribution >= 0.6 is 0 Å². The van der Waals surface area contributed by atoms with Gasteiger partial charge in [0.05, 0.1) is 11.1 Å². The number of rotatable bonds is 4. The van der Waals surface area contributed by atoms with Gasteiger partial charge >= 0.3 is 0 Å². The average Bonchev–Trinajstić information content (AvgIpc) is 2.68. The number of aryl methyl sites for hydroxylation is 2. The summed E-state index contributed by atoms with van der Waals surface area (Å²) in [7, 11) is -1.84. The molecule has 0 amide bonds. The average molecular weight is 280 g/mol. The van der Waals surface area contributed by atoms with Gasteiger partial charge in [0.2, 0.25) is 10.0 Å². The van der Waals surface area contributed by atoms with Crippen molar-refractivity contribution in [1.82, 2.24) is 14.5 Å². The van der Waals surface area contributed by atoms with E-state index in [2.05, 4.69) is 9.82 Å². The standard InChI is InChI=1S/C12H16N4O2S/c1-9-5-3-4-6-11(9)19(17,18)15-8-10-7-14-16(2)12(10)13/h3-7,15H,8,13H2,1-2H3. The Kier molecular flexibility index (Phi) is 3.59. The highest BCUT2D eigenvalue weighted by atomic mass is 32.2. The molecule has 0 fully saturated rings. The lowest BCUT2D eigenvalue weighted by Crippen LogP contribution is -2.24. The van der Waals surface area contributed by atoms with Gasteiger partial charge in [0.15, 0.2) is 0 Å². The van der Waals surface area contributed by atoms with Crippen LogP contribution in [-0.4, -0.2) is 18.2 Å². The van der Waals surface area contributed by atoms with E-state index < -0.39 is 10.0 Å². The summed E-state index contributed by atoms with van der Waals surface area (Å²) in [5, 5.41) is 3.96. The molecular formula is C12H16N4O2S. The van der Waals surface area contributed by atoms with Crippen LogP contribution in [0.3, 0.4) is 0 Å². The van der Waals surface area contributed by atoms with E-state index in [-0.39, 0.29) is 11.4 Å². The molecule has 2 aromatic rings. The summed E-state index contributed by atoms with van der Waals surface area (Å²) >= 11 is 0. The third-order valence-corrected chi connectivity index (χ3v) is 4.46. The van der Waals surface area contributed by atoms with Crippen LogP contribution in [0.25, 0.3) is 0 Å². The summed E-state index contributed by atoms with van der Waals surface area (Å²) < 4.78 is 28.4. The van der Waals surface area contributed by atoms with Gasteiger partial charge in [0.25, 0.3) is 0 Å². The normalized spacial score (nSPS) is 11.7. The topological polar surface area (TPSA) is 90.0 Å². The number of sulfonamides is 1. The first-order valence-electron chi connectivity index (χ1n) is 5.73. The number of benzene rings is 1. The van der Waals surface area contributed by atoms with Gasteiger partial charge in [-0.1, -0.05) is 18.2 Å². The van der Waals surface area contributed by atoms with Crippen LogP contribution in [0.15, 0.2) is 35.4 Å². The predicted octanol–water partition coefficient (Wildman–Crippen LogP) is 0.789. The van der Waals surface area contributed by atoms with Gasteiger partial charge in [-0.3, -0.25) is 4.68 Å². The monoisotopic (exact) mass is 280 g/mol. The predicted molar refractivity (Wildman–Crippen MR) is 72.8 cm³/mol. The molecule has 0 radical (unpaired) electrons. The lowest BCUT2D eigenvalue weighted by atomic mass is 10.2. The fraction of sp³-hybridized carbons (Fsp3) is 0.250. The number of anilines is 1. The molecular weight excluding hydrogens is 264 g/mol. The Labute approximate surface area is 112 Å². The lowest BCUT2D eigenvalue weighted by Gasteiger charge is -2.08. The van der Waals surface area contributed by atoms with Crippen LogP contribution in [0.4, 0.5) is 5.82 Å². The molecule has 7 heteroatoms. The van der Waals surface area contributed by atoms with E-state index in [1.165, 1.54) is 4.68 Å². The summed E-state index contributed by atoms with van der Waals surface area (Å²) in [5.74, 6) is 0.451. The zero-order valence-corrected chi connectivity index (χ0v) is 11.6. The highest BCUT2D eigenvalue weighted by molar-refractivity contribution is 7.89. The van der Waals surface area contributed by atoms with Gasteiger partial charge < -0.3 is 5.73 Å². The van der Waals surface area contributed by atoms with E-state index in [9.17, 15) is 8.42 Å². The number of hydrogen-bond acceptors (Lipinski definition) is 4. The van der Waals surface area contributed by atoms with E-state index in [0.717, 1.165) is 0 Å². The number of nitrogens with one attached hydrogen (secondary N) is 1. The smallest absolute Gasteiger partial charge is 0.241 e. The van der Waals surface area contributed by atoms with E-state index in [1.807, 2.05) is 0 Å². The van der Waals surface area contributed by atoms with Gasteiger partial charge in [-0.15, -0.1) is 0 Å². The van der Waals surface area contributed by atoms with Gasteiger partial charge in [-0.05, 0) is 18.6 Å². The van der Waals surface area contributed by atoms with E-state index in [0.29, 0.717) is 16.9 Å². The second-order valence-electron chi connectivity index (χ2n) is 4.27. The fourth-order valence-electron chi connectivity index (χ4n) is 1.74. The van der Waals surface area contributed by atoms with Gasteiger partial charge in [0.1, 0.15) is 5.82 Å². The maximum Gasteiger partial charge on any atom is 0.241 e. The van der Waals surface area contributed by atoms with Crippen molar-refractivity contribution in [3.63, 3.8) is 0 Å². The van der Waals surface area contributed by atoms with Crippen LogP contribution in [0.2, 0.25) is 0 Å². The molecule has 0 spiro atoms. The molecule has 19 heavy (non-hydrogen) atoms. The van der Waals surface area contributed by atoms with Gasteiger partial charge in [-0.2, -0.15) is 5.10 Å². The Bertz CT molecular complexity index is 692. The molecule has 6 nitrogen and oxygen atoms in total. The molecule has 0 saturated heterocycles. The van der Waals surface area contributed by atoms with Crippen molar-refractivity contribution in [3.8, 4) is 0 Å². The molecule has 0 aliphatic rings. The Morgan fingerprint density at radius 2 is 2.05 bits per heavy atom. The van der Waals surface area contributed by atoms with Crippen molar-refractivity contribution in [2.24, 2.45) is 7.05 Å². The third-order valence-electron chi connectivity index (χ3n) is 2.90. The minimum absolute atomic E-state index is 0.121.